The summed E-state index contributed by atoms with van der Waals surface area (Å²) in [6.45, 7) is 1.64. The SMILES string of the molecule is C/C(=C\c1ccc2cc(Cl)ccc2c1Cl)C(=O)Nc1ccccc1C(=O)O. The fourth-order valence-corrected chi connectivity index (χ4v) is 3.16. The Labute approximate surface area is 166 Å². The van der Waals surface area contributed by atoms with Gasteiger partial charge in [-0.15, -0.1) is 0 Å². The topological polar surface area (TPSA) is 66.4 Å². The number of hydrogen-bond donors (Lipinski definition) is 2. The normalized spacial score (nSPS) is 11.4. The van der Waals surface area contributed by atoms with E-state index < -0.39 is 11.9 Å². The van der Waals surface area contributed by atoms with Crippen molar-refractivity contribution in [1.29, 1.82) is 0 Å². The first-order valence-corrected chi connectivity index (χ1v) is 8.82. The highest BCUT2D eigenvalue weighted by molar-refractivity contribution is 6.38. The van der Waals surface area contributed by atoms with Crippen LogP contribution in [0, 0.1) is 0 Å². The van der Waals surface area contributed by atoms with Gasteiger partial charge in [0, 0.05) is 16.0 Å². The quantitative estimate of drug-likeness (QED) is 0.537. The van der Waals surface area contributed by atoms with Crippen molar-refractivity contribution < 1.29 is 14.7 Å². The lowest BCUT2D eigenvalue weighted by Crippen LogP contribution is -2.15. The molecule has 0 aliphatic heterocycles. The van der Waals surface area contributed by atoms with E-state index >= 15 is 0 Å². The van der Waals surface area contributed by atoms with Crippen molar-refractivity contribution in [2.45, 2.75) is 6.92 Å². The molecule has 0 unspecified atom stereocenters. The summed E-state index contributed by atoms with van der Waals surface area (Å²) in [5.74, 6) is -1.51. The Hall–Kier alpha value is -2.82. The number of anilines is 1. The molecule has 0 radical (unpaired) electrons. The minimum Gasteiger partial charge on any atom is -0.478 e. The fourth-order valence-electron chi connectivity index (χ4n) is 2.69. The number of para-hydroxylation sites is 1. The van der Waals surface area contributed by atoms with E-state index in [0.29, 0.717) is 21.2 Å². The van der Waals surface area contributed by atoms with Crippen LogP contribution in [-0.4, -0.2) is 17.0 Å². The van der Waals surface area contributed by atoms with Gasteiger partial charge in [0.1, 0.15) is 0 Å². The highest BCUT2D eigenvalue weighted by Crippen LogP contribution is 2.30. The number of nitrogens with one attached hydrogen (secondary N) is 1. The van der Waals surface area contributed by atoms with Gasteiger partial charge in [-0.25, -0.2) is 4.79 Å². The molecule has 27 heavy (non-hydrogen) atoms. The van der Waals surface area contributed by atoms with Crippen LogP contribution in [0.5, 0.6) is 0 Å². The van der Waals surface area contributed by atoms with Crippen LogP contribution in [0.15, 0.2) is 60.2 Å². The molecule has 6 heteroatoms. The zero-order chi connectivity index (χ0) is 19.6. The van der Waals surface area contributed by atoms with Crippen molar-refractivity contribution in [3.63, 3.8) is 0 Å². The molecule has 0 fully saturated rings. The molecule has 0 heterocycles. The standard InChI is InChI=1S/C21H15Cl2NO3/c1-12(20(25)24-18-5-3-2-4-17(18)21(26)27)10-14-7-6-13-11-15(22)8-9-16(13)19(14)23/h2-11H,1H3,(H,24,25)(H,26,27)/b12-10+. The first kappa shape index (κ1) is 19.0. The number of carboxylic acids is 1. The molecule has 0 saturated carbocycles. The molecule has 3 aromatic rings. The van der Waals surface area contributed by atoms with E-state index in [9.17, 15) is 14.7 Å². The number of fused-ring (bicyclic) bond motifs is 1. The molecule has 4 nitrogen and oxygen atoms in total. The summed E-state index contributed by atoms with van der Waals surface area (Å²) >= 11 is 12.5. The predicted octanol–water partition coefficient (Wildman–Crippen LogP) is 5.89. The lowest BCUT2D eigenvalue weighted by atomic mass is 10.0. The van der Waals surface area contributed by atoms with Crippen LogP contribution in [0.4, 0.5) is 5.69 Å². The summed E-state index contributed by atoms with van der Waals surface area (Å²) in [6, 6.07) is 15.3. The van der Waals surface area contributed by atoms with E-state index in [2.05, 4.69) is 5.32 Å². The number of aromatic carboxylic acids is 1. The monoisotopic (exact) mass is 399 g/mol. The lowest BCUT2D eigenvalue weighted by Gasteiger charge is -2.09. The van der Waals surface area contributed by atoms with E-state index in [4.69, 9.17) is 23.2 Å². The number of carbonyl (C=O) groups excluding carboxylic acids is 1. The van der Waals surface area contributed by atoms with E-state index in [0.717, 1.165) is 10.8 Å². The van der Waals surface area contributed by atoms with Gasteiger partial charge in [-0.3, -0.25) is 4.79 Å². The van der Waals surface area contributed by atoms with Crippen LogP contribution in [0.2, 0.25) is 10.0 Å². The van der Waals surface area contributed by atoms with E-state index in [-0.39, 0.29) is 11.3 Å². The van der Waals surface area contributed by atoms with E-state index in [1.165, 1.54) is 6.07 Å². The molecule has 0 spiro atoms. The number of carbonyl (C=O) groups is 2. The van der Waals surface area contributed by atoms with Gasteiger partial charge in [-0.05, 0) is 48.2 Å². The number of carboxylic acid groups (broad SMARTS) is 1. The highest BCUT2D eigenvalue weighted by atomic mass is 35.5. The summed E-state index contributed by atoms with van der Waals surface area (Å²) in [5.41, 5.74) is 1.34. The number of amides is 1. The molecule has 0 saturated heterocycles. The third-order valence-corrected chi connectivity index (χ3v) is 4.74. The smallest absolute Gasteiger partial charge is 0.337 e. The predicted molar refractivity (Wildman–Crippen MR) is 110 cm³/mol. The Kier molecular flexibility index (Phi) is 5.49. The third-order valence-electron chi connectivity index (χ3n) is 4.08. The minimum atomic E-state index is -1.11. The zero-order valence-corrected chi connectivity index (χ0v) is 15.8. The summed E-state index contributed by atoms with van der Waals surface area (Å²) in [5, 5.41) is 14.7. The number of halogens is 2. The van der Waals surface area contributed by atoms with Gasteiger partial charge in [0.05, 0.1) is 16.3 Å². The summed E-state index contributed by atoms with van der Waals surface area (Å²) in [7, 11) is 0. The average Bonchev–Trinajstić information content (AvgIpc) is 2.64. The Balaban J connectivity index is 1.90. The fraction of sp³-hybridized carbons (Fsp3) is 0.0476. The Morgan fingerprint density at radius 3 is 2.52 bits per heavy atom. The number of rotatable bonds is 4. The van der Waals surface area contributed by atoms with E-state index in [1.807, 2.05) is 24.3 Å². The molecule has 0 aliphatic rings. The van der Waals surface area contributed by atoms with Crippen LogP contribution < -0.4 is 5.32 Å². The second kappa shape index (κ2) is 7.82. The first-order valence-electron chi connectivity index (χ1n) is 8.06. The van der Waals surface area contributed by atoms with Gasteiger partial charge in [0.15, 0.2) is 0 Å². The number of benzene rings is 3. The second-order valence-corrected chi connectivity index (χ2v) is 6.78. The van der Waals surface area contributed by atoms with Crippen molar-refractivity contribution in [2.75, 3.05) is 5.32 Å². The number of hydrogen-bond acceptors (Lipinski definition) is 2. The molecule has 0 atom stereocenters. The molecular formula is C21H15Cl2NO3. The first-order chi connectivity index (χ1) is 12.9. The van der Waals surface area contributed by atoms with Crippen LogP contribution >= 0.6 is 23.2 Å². The molecule has 2 N–H and O–H groups in total. The maximum absolute atomic E-state index is 12.5. The van der Waals surface area contributed by atoms with Gasteiger partial charge in [0.2, 0.25) is 0 Å². The van der Waals surface area contributed by atoms with Gasteiger partial charge in [0.25, 0.3) is 5.91 Å². The van der Waals surface area contributed by atoms with Gasteiger partial charge in [-0.2, -0.15) is 0 Å². The van der Waals surface area contributed by atoms with Gasteiger partial charge in [-0.1, -0.05) is 53.5 Å². The maximum Gasteiger partial charge on any atom is 0.337 e. The summed E-state index contributed by atoms with van der Waals surface area (Å²) in [6.07, 6.45) is 1.66. The largest absolute Gasteiger partial charge is 0.478 e. The Morgan fingerprint density at radius 2 is 1.78 bits per heavy atom. The van der Waals surface area contributed by atoms with Crippen molar-refractivity contribution in [1.82, 2.24) is 0 Å². The zero-order valence-electron chi connectivity index (χ0n) is 14.3. The Bertz CT molecular complexity index is 1090. The molecule has 0 bridgehead atoms. The Morgan fingerprint density at radius 1 is 1.04 bits per heavy atom. The van der Waals surface area contributed by atoms with Crippen LogP contribution in [0.3, 0.4) is 0 Å². The minimum absolute atomic E-state index is 0.0271. The molecule has 3 aromatic carbocycles. The molecular weight excluding hydrogens is 385 g/mol. The third kappa shape index (κ3) is 4.13. The summed E-state index contributed by atoms with van der Waals surface area (Å²) in [4.78, 5) is 23.7. The molecule has 1 amide bonds. The lowest BCUT2D eigenvalue weighted by molar-refractivity contribution is -0.112. The highest BCUT2D eigenvalue weighted by Gasteiger charge is 2.13. The van der Waals surface area contributed by atoms with Crippen molar-refractivity contribution >= 4 is 57.6 Å². The van der Waals surface area contributed by atoms with Crippen molar-refractivity contribution in [3.05, 3.63) is 81.3 Å². The molecule has 136 valence electrons. The molecule has 3 rings (SSSR count). The average molecular weight is 400 g/mol. The molecule has 0 aliphatic carbocycles. The van der Waals surface area contributed by atoms with Crippen LogP contribution in [0.1, 0.15) is 22.8 Å². The summed E-state index contributed by atoms with van der Waals surface area (Å²) < 4.78 is 0. The van der Waals surface area contributed by atoms with Crippen LogP contribution in [-0.2, 0) is 4.79 Å². The van der Waals surface area contributed by atoms with Crippen molar-refractivity contribution in [2.24, 2.45) is 0 Å². The van der Waals surface area contributed by atoms with Gasteiger partial charge < -0.3 is 10.4 Å². The molecule has 0 aromatic heterocycles. The van der Waals surface area contributed by atoms with Gasteiger partial charge >= 0.3 is 5.97 Å². The van der Waals surface area contributed by atoms with Crippen molar-refractivity contribution in [3.8, 4) is 0 Å². The maximum atomic E-state index is 12.5. The second-order valence-electron chi connectivity index (χ2n) is 5.97. The van der Waals surface area contributed by atoms with Crippen LogP contribution in [0.25, 0.3) is 16.8 Å². The van der Waals surface area contributed by atoms with E-state index in [1.54, 1.807) is 37.3 Å².